The van der Waals surface area contributed by atoms with Crippen molar-refractivity contribution in [2.45, 2.75) is 45.6 Å². The maximum Gasteiger partial charge on any atom is 0.0782 e. The van der Waals surface area contributed by atoms with Gasteiger partial charge in [0, 0.05) is 18.4 Å². The normalized spacial score (nSPS) is 18.4. The molecule has 0 saturated carbocycles. The van der Waals surface area contributed by atoms with E-state index in [-0.39, 0.29) is 6.04 Å². The van der Waals surface area contributed by atoms with Crippen molar-refractivity contribution in [1.29, 1.82) is 0 Å². The van der Waals surface area contributed by atoms with Crippen molar-refractivity contribution in [3.8, 4) is 0 Å². The third kappa shape index (κ3) is 4.55. The predicted molar refractivity (Wildman–Crippen MR) is 78.1 cm³/mol. The molecule has 1 aliphatic rings. The molecule has 1 N–H and O–H groups in total. The predicted octanol–water partition coefficient (Wildman–Crippen LogP) is 2.31. The molecule has 1 aliphatic heterocycles. The van der Waals surface area contributed by atoms with Crippen molar-refractivity contribution in [1.82, 2.24) is 20.2 Å². The fourth-order valence-electron chi connectivity index (χ4n) is 2.74. The second-order valence-electron chi connectivity index (χ2n) is 5.46. The molecular formula is C15H26N4. The zero-order chi connectivity index (χ0) is 13.5. The third-order valence-electron chi connectivity index (χ3n) is 3.88. The highest BCUT2D eigenvalue weighted by atomic mass is 15.1. The number of piperidine rings is 1. The maximum absolute atomic E-state index is 4.41. The smallest absolute Gasteiger partial charge is 0.0782 e. The summed E-state index contributed by atoms with van der Waals surface area (Å²) in [6.45, 7) is 9.04. The lowest BCUT2D eigenvalue weighted by Crippen LogP contribution is -2.32. The number of nitrogens with zero attached hydrogens (tertiary/aromatic N) is 3. The molecule has 1 saturated heterocycles. The standard InChI is InChI=1S/C15H26N4/c1-13(15-14(2)17-8-9-18-15)16-7-6-12-19-10-4-3-5-11-19/h8-9,13,16H,3-7,10-12H2,1-2H3. The van der Waals surface area contributed by atoms with Crippen molar-refractivity contribution in [2.75, 3.05) is 26.2 Å². The number of rotatable bonds is 6. The molecule has 2 heterocycles. The van der Waals surface area contributed by atoms with Crippen LogP contribution >= 0.6 is 0 Å². The largest absolute Gasteiger partial charge is 0.309 e. The minimum absolute atomic E-state index is 0.287. The first kappa shape index (κ1) is 14.4. The van der Waals surface area contributed by atoms with E-state index in [0.717, 1.165) is 17.9 Å². The Hall–Kier alpha value is -1.00. The van der Waals surface area contributed by atoms with Crippen LogP contribution in [0.4, 0.5) is 0 Å². The molecule has 0 bridgehead atoms. The lowest BCUT2D eigenvalue weighted by atomic mass is 10.1. The zero-order valence-corrected chi connectivity index (χ0v) is 12.2. The van der Waals surface area contributed by atoms with Gasteiger partial charge in [0.1, 0.15) is 0 Å². The number of hydrogen-bond acceptors (Lipinski definition) is 4. The molecule has 1 aromatic rings. The second-order valence-corrected chi connectivity index (χ2v) is 5.46. The van der Waals surface area contributed by atoms with Crippen LogP contribution < -0.4 is 5.32 Å². The van der Waals surface area contributed by atoms with Gasteiger partial charge in [-0.05, 0) is 59.3 Å². The van der Waals surface area contributed by atoms with E-state index >= 15 is 0 Å². The second kappa shape index (κ2) is 7.56. The van der Waals surface area contributed by atoms with Crippen molar-refractivity contribution in [2.24, 2.45) is 0 Å². The van der Waals surface area contributed by atoms with Gasteiger partial charge in [0.2, 0.25) is 0 Å². The van der Waals surface area contributed by atoms with E-state index in [9.17, 15) is 0 Å². The molecule has 19 heavy (non-hydrogen) atoms. The molecule has 1 atom stereocenters. The van der Waals surface area contributed by atoms with Crippen LogP contribution in [0.15, 0.2) is 12.4 Å². The molecule has 0 amide bonds. The van der Waals surface area contributed by atoms with Gasteiger partial charge in [-0.3, -0.25) is 9.97 Å². The van der Waals surface area contributed by atoms with Crippen molar-refractivity contribution in [3.05, 3.63) is 23.8 Å². The number of aryl methyl sites for hydroxylation is 1. The summed E-state index contributed by atoms with van der Waals surface area (Å²) in [4.78, 5) is 11.3. The highest BCUT2D eigenvalue weighted by Crippen LogP contribution is 2.12. The van der Waals surface area contributed by atoms with E-state index < -0.39 is 0 Å². The fourth-order valence-corrected chi connectivity index (χ4v) is 2.74. The lowest BCUT2D eigenvalue weighted by molar-refractivity contribution is 0.225. The maximum atomic E-state index is 4.41. The van der Waals surface area contributed by atoms with Gasteiger partial charge in [-0.1, -0.05) is 6.42 Å². The number of aromatic nitrogens is 2. The van der Waals surface area contributed by atoms with Crippen LogP contribution in [0.5, 0.6) is 0 Å². The Balaban J connectivity index is 1.66. The summed E-state index contributed by atoms with van der Waals surface area (Å²) in [7, 11) is 0. The molecule has 0 radical (unpaired) electrons. The van der Waals surface area contributed by atoms with Crippen LogP contribution in [-0.4, -0.2) is 41.0 Å². The monoisotopic (exact) mass is 262 g/mol. The molecule has 2 rings (SSSR count). The van der Waals surface area contributed by atoms with Gasteiger partial charge in [0.15, 0.2) is 0 Å². The van der Waals surface area contributed by atoms with Gasteiger partial charge < -0.3 is 10.2 Å². The Kier molecular flexibility index (Phi) is 5.73. The summed E-state index contributed by atoms with van der Waals surface area (Å²) in [6, 6.07) is 0.287. The first-order valence-electron chi connectivity index (χ1n) is 7.50. The highest BCUT2D eigenvalue weighted by Gasteiger charge is 2.11. The molecule has 0 aliphatic carbocycles. The van der Waals surface area contributed by atoms with Gasteiger partial charge in [0.05, 0.1) is 11.4 Å². The molecule has 0 spiro atoms. The minimum Gasteiger partial charge on any atom is -0.309 e. The van der Waals surface area contributed by atoms with Crippen molar-refractivity contribution < 1.29 is 0 Å². The molecule has 0 aromatic carbocycles. The lowest BCUT2D eigenvalue weighted by Gasteiger charge is -2.26. The Morgan fingerprint density at radius 1 is 1.21 bits per heavy atom. The van der Waals surface area contributed by atoms with Gasteiger partial charge in [-0.25, -0.2) is 0 Å². The summed E-state index contributed by atoms with van der Waals surface area (Å²) in [5.41, 5.74) is 2.10. The molecule has 1 fully saturated rings. The number of hydrogen-bond donors (Lipinski definition) is 1. The van der Waals surface area contributed by atoms with E-state index in [2.05, 4.69) is 27.1 Å². The summed E-state index contributed by atoms with van der Waals surface area (Å²) in [5.74, 6) is 0. The Morgan fingerprint density at radius 2 is 1.95 bits per heavy atom. The Morgan fingerprint density at radius 3 is 2.68 bits per heavy atom. The van der Waals surface area contributed by atoms with Crippen molar-refractivity contribution in [3.63, 3.8) is 0 Å². The quantitative estimate of drug-likeness (QED) is 0.799. The minimum atomic E-state index is 0.287. The molecular weight excluding hydrogens is 236 g/mol. The zero-order valence-electron chi connectivity index (χ0n) is 12.2. The first-order chi connectivity index (χ1) is 9.27. The molecule has 1 aromatic heterocycles. The first-order valence-corrected chi connectivity index (χ1v) is 7.50. The number of nitrogens with one attached hydrogen (secondary N) is 1. The van der Waals surface area contributed by atoms with Crippen LogP contribution in [0.2, 0.25) is 0 Å². The van der Waals surface area contributed by atoms with E-state index in [1.54, 1.807) is 12.4 Å². The molecule has 106 valence electrons. The van der Waals surface area contributed by atoms with Gasteiger partial charge in [0.25, 0.3) is 0 Å². The van der Waals surface area contributed by atoms with E-state index in [1.165, 1.54) is 45.3 Å². The third-order valence-corrected chi connectivity index (χ3v) is 3.88. The average Bonchev–Trinajstić information content (AvgIpc) is 2.45. The Labute approximate surface area is 116 Å². The van der Waals surface area contributed by atoms with E-state index in [0.29, 0.717) is 0 Å². The van der Waals surface area contributed by atoms with Crippen molar-refractivity contribution >= 4 is 0 Å². The fraction of sp³-hybridized carbons (Fsp3) is 0.733. The molecule has 4 heteroatoms. The summed E-state index contributed by atoms with van der Waals surface area (Å²) in [6.07, 6.45) is 8.91. The topological polar surface area (TPSA) is 41.1 Å². The van der Waals surface area contributed by atoms with E-state index in [4.69, 9.17) is 0 Å². The van der Waals surface area contributed by atoms with Crippen LogP contribution in [0.25, 0.3) is 0 Å². The van der Waals surface area contributed by atoms with Gasteiger partial charge >= 0.3 is 0 Å². The van der Waals surface area contributed by atoms with Gasteiger partial charge in [-0.2, -0.15) is 0 Å². The van der Waals surface area contributed by atoms with Crippen LogP contribution in [0, 0.1) is 6.92 Å². The summed E-state index contributed by atoms with van der Waals surface area (Å²) in [5, 5.41) is 3.55. The number of likely N-dealkylation sites (tertiary alicyclic amines) is 1. The van der Waals surface area contributed by atoms with Gasteiger partial charge in [-0.15, -0.1) is 0 Å². The summed E-state index contributed by atoms with van der Waals surface area (Å²) < 4.78 is 0. The molecule has 4 nitrogen and oxygen atoms in total. The Bertz CT molecular complexity index is 374. The van der Waals surface area contributed by atoms with Crippen LogP contribution in [-0.2, 0) is 0 Å². The van der Waals surface area contributed by atoms with Crippen LogP contribution in [0.1, 0.15) is 50.0 Å². The molecule has 1 unspecified atom stereocenters. The van der Waals surface area contributed by atoms with Crippen LogP contribution in [0.3, 0.4) is 0 Å². The average molecular weight is 262 g/mol. The van der Waals surface area contributed by atoms with E-state index in [1.807, 2.05) is 6.92 Å². The SMILES string of the molecule is Cc1nccnc1C(C)NCCCN1CCCCC1. The highest BCUT2D eigenvalue weighted by molar-refractivity contribution is 5.12. The summed E-state index contributed by atoms with van der Waals surface area (Å²) >= 11 is 0.